The topological polar surface area (TPSA) is 65.1 Å². The van der Waals surface area contributed by atoms with Crippen LogP contribution in [0.5, 0.6) is 0 Å². The zero-order valence-electron chi connectivity index (χ0n) is 8.58. The summed E-state index contributed by atoms with van der Waals surface area (Å²) in [4.78, 5) is 0.142. The number of benzene rings is 1. The Morgan fingerprint density at radius 3 is 2.12 bits per heavy atom. The molecule has 0 aliphatic heterocycles. The van der Waals surface area contributed by atoms with Crippen molar-refractivity contribution in [2.75, 3.05) is 0 Å². The molecule has 0 amide bonds. The van der Waals surface area contributed by atoms with Crippen molar-refractivity contribution in [3.8, 4) is 0 Å². The predicted octanol–water partition coefficient (Wildman–Crippen LogP) is 1.18. The van der Waals surface area contributed by atoms with Gasteiger partial charge in [0.15, 0.2) is 0 Å². The first kappa shape index (κ1) is 10.9. The molecule has 0 unspecified atom stereocenters. The van der Waals surface area contributed by atoms with Crippen molar-refractivity contribution >= 4 is 10.0 Å². The maximum absolute atomic E-state index is 11.0. The Hall–Kier alpha value is -1.59. The number of nitrogens with zero attached hydrogens (tertiary/aromatic N) is 1. The molecule has 4 nitrogen and oxygen atoms in total. The van der Waals surface area contributed by atoms with Gasteiger partial charge in [-0.2, -0.15) is 0 Å². The molecule has 84 valence electrons. The molecule has 1 aromatic carbocycles. The lowest BCUT2D eigenvalue weighted by Crippen LogP contribution is -2.12. The number of hydrogen-bond acceptors (Lipinski definition) is 2. The van der Waals surface area contributed by atoms with Gasteiger partial charge in [-0.25, -0.2) is 13.6 Å². The number of nitrogens with two attached hydrogens (primary N) is 1. The Labute approximate surface area is 94.4 Å². The van der Waals surface area contributed by atoms with Crippen LogP contribution in [0.4, 0.5) is 0 Å². The lowest BCUT2D eigenvalue weighted by Gasteiger charge is -2.04. The third kappa shape index (κ3) is 2.50. The zero-order valence-corrected chi connectivity index (χ0v) is 9.39. The summed E-state index contributed by atoms with van der Waals surface area (Å²) in [6, 6.07) is 10.5. The van der Waals surface area contributed by atoms with Gasteiger partial charge < -0.3 is 4.57 Å². The van der Waals surface area contributed by atoms with Crippen molar-refractivity contribution in [2.45, 2.75) is 11.4 Å². The highest BCUT2D eigenvalue weighted by atomic mass is 32.2. The maximum atomic E-state index is 11.0. The van der Waals surface area contributed by atoms with Crippen LogP contribution in [-0.2, 0) is 16.6 Å². The molecule has 0 spiro atoms. The van der Waals surface area contributed by atoms with E-state index in [0.29, 0.717) is 0 Å². The van der Waals surface area contributed by atoms with Crippen LogP contribution in [0.2, 0.25) is 0 Å². The highest BCUT2D eigenvalue weighted by Gasteiger charge is 2.06. The van der Waals surface area contributed by atoms with Crippen LogP contribution in [0.3, 0.4) is 0 Å². The van der Waals surface area contributed by atoms with E-state index in [1.165, 1.54) is 12.1 Å². The fourth-order valence-corrected chi connectivity index (χ4v) is 1.99. The van der Waals surface area contributed by atoms with Crippen LogP contribution in [0.1, 0.15) is 5.56 Å². The van der Waals surface area contributed by atoms with Gasteiger partial charge in [-0.05, 0) is 29.8 Å². The van der Waals surface area contributed by atoms with Gasteiger partial charge in [0, 0.05) is 18.9 Å². The molecule has 2 rings (SSSR count). The van der Waals surface area contributed by atoms with E-state index >= 15 is 0 Å². The monoisotopic (exact) mass is 236 g/mol. The molecule has 0 saturated carbocycles. The standard InChI is InChI=1S/C11H12N2O2S/c12-16(14,15)11-5-3-10(4-6-11)9-13-7-1-2-8-13/h1-8H,9H2,(H2,12,14,15). The highest BCUT2D eigenvalue weighted by molar-refractivity contribution is 7.89. The molecule has 16 heavy (non-hydrogen) atoms. The van der Waals surface area contributed by atoms with E-state index in [0.717, 1.165) is 12.1 Å². The molecule has 0 fully saturated rings. The summed E-state index contributed by atoms with van der Waals surface area (Å²) in [5.41, 5.74) is 1.03. The number of aromatic nitrogens is 1. The van der Waals surface area contributed by atoms with Crippen LogP contribution in [0, 0.1) is 0 Å². The van der Waals surface area contributed by atoms with Crippen LogP contribution in [0.25, 0.3) is 0 Å². The van der Waals surface area contributed by atoms with E-state index in [4.69, 9.17) is 5.14 Å². The molecular weight excluding hydrogens is 224 g/mol. The van der Waals surface area contributed by atoms with Crippen molar-refractivity contribution in [3.63, 3.8) is 0 Å². The number of hydrogen-bond donors (Lipinski definition) is 1. The average molecular weight is 236 g/mol. The second kappa shape index (κ2) is 4.11. The van der Waals surface area contributed by atoms with Gasteiger partial charge in [0.05, 0.1) is 4.90 Å². The molecule has 1 heterocycles. The van der Waals surface area contributed by atoms with Crippen molar-refractivity contribution in [1.29, 1.82) is 0 Å². The first-order valence-corrected chi connectivity index (χ1v) is 6.33. The predicted molar refractivity (Wildman–Crippen MR) is 61.3 cm³/mol. The highest BCUT2D eigenvalue weighted by Crippen LogP contribution is 2.10. The van der Waals surface area contributed by atoms with Crippen LogP contribution in [0.15, 0.2) is 53.7 Å². The quantitative estimate of drug-likeness (QED) is 0.869. The summed E-state index contributed by atoms with van der Waals surface area (Å²) < 4.78 is 24.1. The lowest BCUT2D eigenvalue weighted by molar-refractivity contribution is 0.597. The second-order valence-electron chi connectivity index (χ2n) is 3.54. The van der Waals surface area contributed by atoms with Gasteiger partial charge in [0.1, 0.15) is 0 Å². The maximum Gasteiger partial charge on any atom is 0.238 e. The Balaban J connectivity index is 2.20. The van der Waals surface area contributed by atoms with Crippen LogP contribution < -0.4 is 5.14 Å². The molecule has 5 heteroatoms. The third-order valence-electron chi connectivity index (χ3n) is 2.28. The van der Waals surface area contributed by atoms with Crippen molar-refractivity contribution in [2.24, 2.45) is 5.14 Å². The Bertz CT molecular complexity index is 557. The number of primary sulfonamides is 1. The SMILES string of the molecule is NS(=O)(=O)c1ccc(Cn2cccc2)cc1. The van der Waals surface area contributed by atoms with Gasteiger partial charge in [-0.15, -0.1) is 0 Å². The summed E-state index contributed by atoms with van der Waals surface area (Å²) in [7, 11) is -3.59. The molecule has 0 bridgehead atoms. The van der Waals surface area contributed by atoms with Gasteiger partial charge in [0.2, 0.25) is 10.0 Å². The Kier molecular flexibility index (Phi) is 2.80. The minimum atomic E-state index is -3.59. The van der Waals surface area contributed by atoms with Crippen LogP contribution in [-0.4, -0.2) is 13.0 Å². The van der Waals surface area contributed by atoms with E-state index in [9.17, 15) is 8.42 Å². The molecule has 2 aromatic rings. The lowest BCUT2D eigenvalue weighted by atomic mass is 10.2. The molecule has 0 aliphatic carbocycles. The average Bonchev–Trinajstić information content (AvgIpc) is 2.70. The van der Waals surface area contributed by atoms with Crippen molar-refractivity contribution < 1.29 is 8.42 Å². The van der Waals surface area contributed by atoms with Crippen LogP contribution >= 0.6 is 0 Å². The molecule has 0 aliphatic rings. The van der Waals surface area contributed by atoms with Gasteiger partial charge in [-0.1, -0.05) is 12.1 Å². The molecule has 0 saturated heterocycles. The largest absolute Gasteiger partial charge is 0.350 e. The molecular formula is C11H12N2O2S. The Morgan fingerprint density at radius 2 is 1.62 bits per heavy atom. The van der Waals surface area contributed by atoms with E-state index < -0.39 is 10.0 Å². The normalized spacial score (nSPS) is 11.6. The number of sulfonamides is 1. The van der Waals surface area contributed by atoms with Crippen molar-refractivity contribution in [1.82, 2.24) is 4.57 Å². The van der Waals surface area contributed by atoms with Gasteiger partial charge in [0.25, 0.3) is 0 Å². The minimum absolute atomic E-state index is 0.142. The fraction of sp³-hybridized carbons (Fsp3) is 0.0909. The second-order valence-corrected chi connectivity index (χ2v) is 5.11. The molecule has 0 radical (unpaired) electrons. The Morgan fingerprint density at radius 1 is 1.06 bits per heavy atom. The van der Waals surface area contributed by atoms with E-state index in [1.54, 1.807) is 12.1 Å². The fourth-order valence-electron chi connectivity index (χ4n) is 1.47. The first-order valence-electron chi connectivity index (χ1n) is 4.78. The van der Waals surface area contributed by atoms with E-state index in [2.05, 4.69) is 0 Å². The summed E-state index contributed by atoms with van der Waals surface area (Å²) in [6.07, 6.45) is 3.90. The summed E-state index contributed by atoms with van der Waals surface area (Å²) in [5, 5.41) is 5.01. The third-order valence-corrected chi connectivity index (χ3v) is 3.21. The molecule has 0 atom stereocenters. The van der Waals surface area contributed by atoms with Gasteiger partial charge >= 0.3 is 0 Å². The van der Waals surface area contributed by atoms with Crippen molar-refractivity contribution in [3.05, 3.63) is 54.4 Å². The van der Waals surface area contributed by atoms with E-state index in [-0.39, 0.29) is 4.90 Å². The number of rotatable bonds is 3. The van der Waals surface area contributed by atoms with E-state index in [1.807, 2.05) is 29.1 Å². The first-order chi connectivity index (χ1) is 7.55. The molecule has 2 N–H and O–H groups in total. The van der Waals surface area contributed by atoms with Gasteiger partial charge in [-0.3, -0.25) is 0 Å². The summed E-state index contributed by atoms with van der Waals surface area (Å²) >= 11 is 0. The molecule has 1 aromatic heterocycles. The zero-order chi connectivity index (χ0) is 11.6. The summed E-state index contributed by atoms with van der Waals surface area (Å²) in [5.74, 6) is 0. The summed E-state index contributed by atoms with van der Waals surface area (Å²) in [6.45, 7) is 0.720. The minimum Gasteiger partial charge on any atom is -0.350 e. The smallest absolute Gasteiger partial charge is 0.238 e.